The molecule has 0 fully saturated rings. The number of hydrogen-bond donors (Lipinski definition) is 1. The van der Waals surface area contributed by atoms with E-state index in [1.165, 1.54) is 0 Å². The average molecular weight is 428 g/mol. The minimum Gasteiger partial charge on any atom is -0.497 e. The van der Waals surface area contributed by atoms with Crippen LogP contribution in [-0.4, -0.2) is 24.7 Å². The molecule has 5 nitrogen and oxygen atoms in total. The van der Waals surface area contributed by atoms with Crippen molar-refractivity contribution in [3.8, 4) is 5.75 Å². The van der Waals surface area contributed by atoms with Crippen molar-refractivity contribution >= 4 is 52.0 Å². The van der Waals surface area contributed by atoms with Gasteiger partial charge in [-0.3, -0.25) is 4.79 Å². The minimum absolute atomic E-state index is 0.122. The highest BCUT2D eigenvalue weighted by molar-refractivity contribution is 8.03. The molecule has 3 aromatic rings. The third-order valence-corrected chi connectivity index (χ3v) is 6.19. The molecule has 0 spiro atoms. The fraction of sp³-hybridized carbons (Fsp3) is 0.182. The lowest BCUT2D eigenvalue weighted by Crippen LogP contribution is -2.37. The summed E-state index contributed by atoms with van der Waals surface area (Å²) in [4.78, 5) is 14.3. The van der Waals surface area contributed by atoms with Gasteiger partial charge in [0.2, 0.25) is 11.2 Å². The molecular weight excluding hydrogens is 408 g/mol. The number of fused-ring (bicyclic) bond motifs is 2. The van der Waals surface area contributed by atoms with Gasteiger partial charge in [0, 0.05) is 28.1 Å². The standard InChI is InChI=1S/C22H19ClN2O3S/c1-3-24-16(6-4-14-10-17(28-2)7-8-18(14)24)12-21-25(13-22(26)27)19-11-15(23)5-9-20(19)29-21/h4-12H,3,13H2,1-2H3/p+1. The van der Waals surface area contributed by atoms with Crippen LogP contribution in [0.1, 0.15) is 12.6 Å². The highest BCUT2D eigenvalue weighted by Gasteiger charge is 2.28. The number of hydrogen-bond acceptors (Lipinski definition) is 4. The smallest absolute Gasteiger partial charge is 0.323 e. The zero-order valence-electron chi connectivity index (χ0n) is 16.1. The molecule has 148 valence electrons. The minimum atomic E-state index is -0.890. The van der Waals surface area contributed by atoms with Gasteiger partial charge in [-0.2, -0.15) is 4.57 Å². The number of halogens is 1. The summed E-state index contributed by atoms with van der Waals surface area (Å²) in [5.41, 5.74) is 2.92. The van der Waals surface area contributed by atoms with Gasteiger partial charge in [-0.15, -0.1) is 0 Å². The van der Waals surface area contributed by atoms with E-state index in [1.54, 1.807) is 23.8 Å². The Kier molecular flexibility index (Phi) is 5.39. The predicted molar refractivity (Wildman–Crippen MR) is 117 cm³/mol. The maximum atomic E-state index is 11.5. The van der Waals surface area contributed by atoms with Crippen LogP contribution >= 0.6 is 23.4 Å². The van der Waals surface area contributed by atoms with E-state index in [2.05, 4.69) is 17.6 Å². The number of benzene rings is 2. The first-order valence-electron chi connectivity index (χ1n) is 9.19. The first-order chi connectivity index (χ1) is 14.0. The molecule has 1 aliphatic rings. The van der Waals surface area contributed by atoms with Crippen LogP contribution in [0.15, 0.2) is 58.5 Å². The lowest BCUT2D eigenvalue weighted by molar-refractivity contribution is -0.669. The van der Waals surface area contributed by atoms with Crippen LogP contribution in [0.4, 0.5) is 5.69 Å². The van der Waals surface area contributed by atoms with Gasteiger partial charge in [-0.05, 0) is 43.3 Å². The van der Waals surface area contributed by atoms with E-state index >= 15 is 0 Å². The third-order valence-electron chi connectivity index (χ3n) is 4.84. The number of carboxylic acid groups (broad SMARTS) is 1. The largest absolute Gasteiger partial charge is 0.497 e. The van der Waals surface area contributed by atoms with Crippen molar-refractivity contribution in [1.29, 1.82) is 0 Å². The second-order valence-corrected chi connectivity index (χ2v) is 8.10. The molecule has 1 aliphatic heterocycles. The fourth-order valence-electron chi connectivity index (χ4n) is 3.53. The van der Waals surface area contributed by atoms with Crippen LogP contribution in [0.25, 0.3) is 17.0 Å². The first-order valence-corrected chi connectivity index (χ1v) is 10.4. The highest BCUT2D eigenvalue weighted by Crippen LogP contribution is 2.47. The monoisotopic (exact) mass is 427 g/mol. The summed E-state index contributed by atoms with van der Waals surface area (Å²) in [6, 6.07) is 15.7. The Morgan fingerprint density at radius 3 is 2.79 bits per heavy atom. The lowest BCUT2D eigenvalue weighted by Gasteiger charge is -2.18. The number of nitrogens with zero attached hydrogens (tertiary/aromatic N) is 2. The Hall–Kier alpha value is -2.70. The molecule has 4 rings (SSSR count). The summed E-state index contributed by atoms with van der Waals surface area (Å²) in [6.07, 6.45) is 2.04. The summed E-state index contributed by atoms with van der Waals surface area (Å²) >= 11 is 7.71. The van der Waals surface area contributed by atoms with Gasteiger partial charge >= 0.3 is 5.97 Å². The Labute approximate surface area is 178 Å². The summed E-state index contributed by atoms with van der Waals surface area (Å²) in [7, 11) is 1.66. The molecule has 1 N–H and O–H groups in total. The SMILES string of the molecule is CC[n+]1c(/C=C2/Sc3ccc(Cl)cc3N2CC(=O)O)ccc2cc(OC)ccc21. The quantitative estimate of drug-likeness (QED) is 0.592. The molecule has 0 unspecified atom stereocenters. The van der Waals surface area contributed by atoms with Crippen LogP contribution in [0.5, 0.6) is 5.75 Å². The zero-order chi connectivity index (χ0) is 20.5. The van der Waals surface area contributed by atoms with Gasteiger partial charge in [0.25, 0.3) is 0 Å². The molecule has 0 saturated carbocycles. The van der Waals surface area contributed by atoms with Crippen LogP contribution < -0.4 is 14.2 Å². The number of carboxylic acids is 1. The number of pyridine rings is 1. The summed E-state index contributed by atoms with van der Waals surface area (Å²) < 4.78 is 7.54. The van der Waals surface area contributed by atoms with Gasteiger partial charge in [-0.1, -0.05) is 23.4 Å². The molecule has 0 saturated heterocycles. The molecule has 0 atom stereocenters. The van der Waals surface area contributed by atoms with E-state index in [9.17, 15) is 9.90 Å². The Bertz CT molecular complexity index is 1150. The van der Waals surface area contributed by atoms with Crippen molar-refractivity contribution in [2.75, 3.05) is 18.6 Å². The van der Waals surface area contributed by atoms with E-state index in [4.69, 9.17) is 16.3 Å². The fourth-order valence-corrected chi connectivity index (χ4v) is 4.78. The Morgan fingerprint density at radius 1 is 1.24 bits per heavy atom. The van der Waals surface area contributed by atoms with Gasteiger partial charge in [0.1, 0.15) is 18.8 Å². The van der Waals surface area contributed by atoms with Gasteiger partial charge in [-0.25, -0.2) is 0 Å². The van der Waals surface area contributed by atoms with E-state index in [0.717, 1.165) is 44.5 Å². The van der Waals surface area contributed by atoms with Gasteiger partial charge in [0.05, 0.1) is 23.2 Å². The van der Waals surface area contributed by atoms with E-state index in [-0.39, 0.29) is 6.54 Å². The van der Waals surface area contributed by atoms with Crippen LogP contribution in [0.3, 0.4) is 0 Å². The third kappa shape index (κ3) is 3.78. The lowest BCUT2D eigenvalue weighted by atomic mass is 10.1. The second-order valence-electron chi connectivity index (χ2n) is 6.60. The van der Waals surface area contributed by atoms with Crippen LogP contribution in [0.2, 0.25) is 5.02 Å². The summed E-state index contributed by atoms with van der Waals surface area (Å²) in [5.74, 6) is -0.0733. The number of anilines is 1. The van der Waals surface area contributed by atoms with E-state index in [1.807, 2.05) is 48.5 Å². The summed E-state index contributed by atoms with van der Waals surface area (Å²) in [6.45, 7) is 2.76. The molecule has 0 aliphatic carbocycles. The Balaban J connectivity index is 1.82. The molecule has 29 heavy (non-hydrogen) atoms. The first kappa shape index (κ1) is 19.6. The molecule has 2 heterocycles. The van der Waals surface area contributed by atoms with Crippen molar-refractivity contribution in [3.05, 3.63) is 64.3 Å². The number of carbonyl (C=O) groups is 1. The van der Waals surface area contributed by atoms with Crippen molar-refractivity contribution in [2.45, 2.75) is 18.4 Å². The molecular formula is C22H20ClN2O3S+. The predicted octanol–water partition coefficient (Wildman–Crippen LogP) is 4.80. The van der Waals surface area contributed by atoms with Crippen molar-refractivity contribution in [2.24, 2.45) is 0 Å². The number of ether oxygens (including phenoxy) is 1. The topological polar surface area (TPSA) is 53.7 Å². The van der Waals surface area contributed by atoms with Crippen LogP contribution in [-0.2, 0) is 11.3 Å². The highest BCUT2D eigenvalue weighted by atomic mass is 35.5. The second kappa shape index (κ2) is 7.97. The molecule has 7 heteroatoms. The molecule has 0 amide bonds. The number of rotatable bonds is 5. The maximum Gasteiger partial charge on any atom is 0.323 e. The number of aryl methyl sites for hydroxylation is 1. The number of thioether (sulfide) groups is 1. The van der Waals surface area contributed by atoms with Crippen LogP contribution in [0, 0.1) is 0 Å². The average Bonchev–Trinajstić information content (AvgIpc) is 3.03. The molecule has 1 aromatic heterocycles. The van der Waals surface area contributed by atoms with Gasteiger partial charge < -0.3 is 14.7 Å². The van der Waals surface area contributed by atoms with Crippen molar-refractivity contribution in [1.82, 2.24) is 0 Å². The maximum absolute atomic E-state index is 11.5. The zero-order valence-corrected chi connectivity index (χ0v) is 17.6. The number of aliphatic carboxylic acids is 1. The Morgan fingerprint density at radius 2 is 2.07 bits per heavy atom. The molecule has 0 radical (unpaired) electrons. The van der Waals surface area contributed by atoms with Gasteiger partial charge in [0.15, 0.2) is 0 Å². The normalized spacial score (nSPS) is 14.4. The number of aromatic nitrogens is 1. The number of methoxy groups -OCH3 is 1. The van der Waals surface area contributed by atoms with E-state index in [0.29, 0.717) is 5.02 Å². The molecule has 2 aromatic carbocycles. The van der Waals surface area contributed by atoms with E-state index < -0.39 is 5.97 Å². The van der Waals surface area contributed by atoms with Crippen molar-refractivity contribution in [3.63, 3.8) is 0 Å². The summed E-state index contributed by atoms with van der Waals surface area (Å²) in [5, 5.41) is 12.0. The van der Waals surface area contributed by atoms with Crippen molar-refractivity contribution < 1.29 is 19.2 Å². The molecule has 0 bridgehead atoms.